The van der Waals surface area contributed by atoms with Crippen molar-refractivity contribution >= 4 is 84.9 Å². The van der Waals surface area contributed by atoms with E-state index in [9.17, 15) is 28.8 Å². The number of carboxylic acids is 1. The number of aliphatic carboxylic acids is 1. The second-order valence-corrected chi connectivity index (χ2v) is 19.3. The average Bonchev–Trinajstić information content (AvgIpc) is 4.19. The van der Waals surface area contributed by atoms with E-state index in [0.29, 0.717) is 38.2 Å². The van der Waals surface area contributed by atoms with Crippen molar-refractivity contribution in [3.63, 3.8) is 0 Å². The molecule has 4 amide bonds. The predicted molar refractivity (Wildman–Crippen MR) is 260 cm³/mol. The van der Waals surface area contributed by atoms with Gasteiger partial charge in [-0.2, -0.15) is 0 Å². The van der Waals surface area contributed by atoms with Crippen LogP contribution >= 0.6 is 31.9 Å². The van der Waals surface area contributed by atoms with Gasteiger partial charge in [0.05, 0.1) is 53.2 Å². The molecule has 2 aromatic rings. The first-order chi connectivity index (χ1) is 32.7. The van der Waals surface area contributed by atoms with Crippen LogP contribution in [-0.4, -0.2) is 158 Å². The normalized spacial score (nSPS) is 21.6. The van der Waals surface area contributed by atoms with Crippen molar-refractivity contribution in [1.82, 2.24) is 26.6 Å². The highest BCUT2D eigenvalue weighted by Crippen LogP contribution is 2.39. The number of Topliss-reactive ketones (excluding diaryl/α,β-unsaturated/α-hetero) is 1. The van der Waals surface area contributed by atoms with Crippen LogP contribution in [0.2, 0.25) is 0 Å². The highest BCUT2D eigenvalue weighted by Gasteiger charge is 2.55. The van der Waals surface area contributed by atoms with E-state index in [4.69, 9.17) is 43.3 Å². The summed E-state index contributed by atoms with van der Waals surface area (Å²) in [5.41, 5.74) is 2.65. The number of likely N-dealkylation sites (tertiary alicyclic amines) is 2. The van der Waals surface area contributed by atoms with Crippen LogP contribution in [0.3, 0.4) is 0 Å². The minimum Gasteiger partial charge on any atom is -0.481 e. The summed E-state index contributed by atoms with van der Waals surface area (Å²) in [6.07, 6.45) is 1.80. The molecule has 5 aliphatic rings. The first kappa shape index (κ1) is 57.3. The van der Waals surface area contributed by atoms with Gasteiger partial charge in [0.1, 0.15) is 30.5 Å². The lowest BCUT2D eigenvalue weighted by atomic mass is 9.97. The third kappa shape index (κ3) is 14.9. The number of aliphatic imine (C=N–C) groups is 1. The zero-order chi connectivity index (χ0) is 50.6. The van der Waals surface area contributed by atoms with E-state index >= 15 is 0 Å². The monoisotopic (exact) mass is 1110 g/mol. The number of ketones is 1. The number of hydrogen-bond donors (Lipinski definition) is 4. The number of nitrogens with one attached hydrogen (secondary N) is 2. The summed E-state index contributed by atoms with van der Waals surface area (Å²) in [5.74, 6) is -3.79. The van der Waals surface area contributed by atoms with Gasteiger partial charge in [0.25, 0.3) is 5.97 Å². The second kappa shape index (κ2) is 25.7. The van der Waals surface area contributed by atoms with Crippen LogP contribution in [-0.2, 0) is 52.3 Å². The molecule has 1 unspecified atom stereocenters. The maximum Gasteiger partial charge on any atom is 0.407 e. The molecule has 0 saturated carbocycles. The lowest BCUT2D eigenvalue weighted by Gasteiger charge is -2.31. The molecular weight excluding hydrogens is 1050 g/mol. The SMILES string of the molecule is CC(=O)O.COC(=O)N[C@H](C(=O)N1CC2(COCO2)C[C@H]1C(=O)OCC(=O)c1ccc(Br)cc1)C(C)C.COC(=O)N[C@H](C(=O)N1CC2(C[C@H]1C1=NC=C(c3ccc(Br)cc3)C1)OCCO2)C(C)C.N. The van der Waals surface area contributed by atoms with Crippen molar-refractivity contribution in [1.29, 1.82) is 0 Å². The topological polar surface area (TPSA) is 282 Å². The Morgan fingerprint density at radius 2 is 1.33 bits per heavy atom. The summed E-state index contributed by atoms with van der Waals surface area (Å²) in [6, 6.07) is 11.9. The molecule has 0 radical (unpaired) electrons. The Balaban J connectivity index is 0.000000279. The number of carbonyl (C=O) groups is 7. The highest BCUT2D eigenvalue weighted by molar-refractivity contribution is 9.10. The largest absolute Gasteiger partial charge is 0.481 e. The van der Waals surface area contributed by atoms with Gasteiger partial charge in [-0.15, -0.1) is 0 Å². The smallest absolute Gasteiger partial charge is 0.407 e. The van der Waals surface area contributed by atoms with Crippen LogP contribution in [0.4, 0.5) is 9.59 Å². The number of esters is 1. The molecule has 5 heterocycles. The number of halogens is 2. The molecule has 2 spiro atoms. The van der Waals surface area contributed by atoms with Gasteiger partial charge in [0.2, 0.25) is 11.8 Å². The number of rotatable bonds is 12. The molecule has 0 aromatic heterocycles. The Kier molecular flexibility index (Phi) is 21.0. The van der Waals surface area contributed by atoms with Gasteiger partial charge in [0.15, 0.2) is 18.2 Å². The Bertz CT molecular complexity index is 2240. The minimum absolute atomic E-state index is 0. The maximum absolute atomic E-state index is 13.6. The predicted octanol–water partition coefficient (Wildman–Crippen LogP) is 5.51. The number of carbonyl (C=O) groups excluding carboxylic acids is 6. The van der Waals surface area contributed by atoms with Gasteiger partial charge in [0, 0.05) is 52.6 Å². The number of alkyl carbamates (subject to hydrolysis) is 2. The molecule has 5 atom stereocenters. The Morgan fingerprint density at radius 1 is 0.800 bits per heavy atom. The fraction of sp³-hybridized carbons (Fsp3) is 0.532. The quantitative estimate of drug-likeness (QED) is 0.116. The van der Waals surface area contributed by atoms with Gasteiger partial charge in [-0.3, -0.25) is 24.2 Å². The van der Waals surface area contributed by atoms with E-state index in [1.807, 2.05) is 44.3 Å². The molecule has 7 rings (SSSR count). The van der Waals surface area contributed by atoms with E-state index in [-0.39, 0.29) is 62.1 Å². The van der Waals surface area contributed by atoms with E-state index in [1.165, 1.54) is 19.1 Å². The average molecular weight is 1110 g/mol. The maximum atomic E-state index is 13.6. The van der Waals surface area contributed by atoms with Crippen molar-refractivity contribution in [2.45, 2.75) is 89.4 Å². The Labute approximate surface area is 423 Å². The van der Waals surface area contributed by atoms with Gasteiger partial charge in [-0.25, -0.2) is 14.4 Å². The molecule has 4 saturated heterocycles. The van der Waals surface area contributed by atoms with Crippen LogP contribution in [0.25, 0.3) is 5.57 Å². The number of methoxy groups -OCH3 is 2. The molecule has 2 aromatic carbocycles. The van der Waals surface area contributed by atoms with Crippen LogP contribution in [0.15, 0.2) is 68.7 Å². The standard InChI is InChI=1S/C23H28BrN3O5.C22H27BrN2O8.C2H4O2.H3N/c1-14(2)20(26-22(29)30-3)21(28)27-13-23(31-8-9-32-23)11-19(27)18-10-16(12-25-18)15-4-6-17(24)7-5-15;1-13(2)18(24-21(29)30-3)19(27)25-10-22(11-31-12-33-22)8-16(25)20(28)32-9-17(26)14-4-6-15(23)7-5-14;1-2(3)4;/h4-7,12,14,19-20H,8-11,13H2,1-3H3,(H,26,29);4-7,13,16,18H,8-12H2,1-3H3,(H,24,29);1H3,(H,3,4);1H3/t19-,20-;16-,18-,22?;;/m00../s1. The van der Waals surface area contributed by atoms with Crippen molar-refractivity contribution < 1.29 is 71.8 Å². The van der Waals surface area contributed by atoms with E-state index in [1.54, 1.807) is 43.0 Å². The molecule has 21 nitrogen and oxygen atoms in total. The number of amides is 4. The third-order valence-electron chi connectivity index (χ3n) is 11.8. The molecular formula is C47H62Br2N6O15. The van der Waals surface area contributed by atoms with Gasteiger partial charge >= 0.3 is 18.2 Å². The van der Waals surface area contributed by atoms with E-state index in [2.05, 4.69) is 47.2 Å². The van der Waals surface area contributed by atoms with Crippen LogP contribution < -0.4 is 16.8 Å². The number of hydrogen-bond acceptors (Lipinski definition) is 16. The first-order valence-corrected chi connectivity index (χ1v) is 23.8. The van der Waals surface area contributed by atoms with Gasteiger partial charge in [-0.1, -0.05) is 83.8 Å². The minimum atomic E-state index is -0.988. The summed E-state index contributed by atoms with van der Waals surface area (Å²) in [4.78, 5) is 92.8. The van der Waals surface area contributed by atoms with Crippen molar-refractivity contribution in [2.24, 2.45) is 16.8 Å². The Morgan fingerprint density at radius 3 is 1.83 bits per heavy atom. The lowest BCUT2D eigenvalue weighted by molar-refractivity contribution is -0.153. The zero-order valence-corrected chi connectivity index (χ0v) is 43.4. The molecule has 4 fully saturated rings. The Hall–Kier alpha value is -5.30. The lowest BCUT2D eigenvalue weighted by Crippen LogP contribution is -2.54. The summed E-state index contributed by atoms with van der Waals surface area (Å²) >= 11 is 6.77. The molecule has 0 aliphatic carbocycles. The van der Waals surface area contributed by atoms with Crippen molar-refractivity contribution in [3.05, 3.63) is 74.8 Å². The van der Waals surface area contributed by atoms with Crippen LogP contribution in [0, 0.1) is 11.8 Å². The number of benzene rings is 2. The van der Waals surface area contributed by atoms with Gasteiger partial charge < -0.3 is 64.8 Å². The summed E-state index contributed by atoms with van der Waals surface area (Å²) in [5, 5.41) is 12.6. The number of allylic oxidation sites excluding steroid dienone is 1. The summed E-state index contributed by atoms with van der Waals surface area (Å²) in [6.45, 7) is 9.60. The molecule has 6 N–H and O–H groups in total. The summed E-state index contributed by atoms with van der Waals surface area (Å²) < 4.78 is 39.4. The van der Waals surface area contributed by atoms with Crippen LogP contribution in [0.1, 0.15) is 69.8 Å². The molecule has 5 aliphatic heterocycles. The fourth-order valence-corrected chi connectivity index (χ4v) is 8.84. The molecule has 23 heteroatoms. The van der Waals surface area contributed by atoms with E-state index < -0.39 is 66.2 Å². The van der Waals surface area contributed by atoms with E-state index in [0.717, 1.165) is 32.7 Å². The fourth-order valence-electron chi connectivity index (χ4n) is 8.31. The van der Waals surface area contributed by atoms with Crippen molar-refractivity contribution in [3.8, 4) is 0 Å². The molecule has 70 heavy (non-hydrogen) atoms. The highest BCUT2D eigenvalue weighted by atomic mass is 79.9. The summed E-state index contributed by atoms with van der Waals surface area (Å²) in [7, 11) is 2.49. The van der Waals surface area contributed by atoms with Crippen LogP contribution in [0.5, 0.6) is 0 Å². The molecule has 384 valence electrons. The molecule has 0 bridgehead atoms. The number of carboxylic acid groups (broad SMARTS) is 1. The second-order valence-electron chi connectivity index (χ2n) is 17.5. The first-order valence-electron chi connectivity index (χ1n) is 22.2. The van der Waals surface area contributed by atoms with Gasteiger partial charge in [-0.05, 0) is 47.2 Å². The number of nitrogens with zero attached hydrogens (tertiary/aromatic N) is 3. The number of ether oxygens (including phenoxy) is 7. The van der Waals surface area contributed by atoms with Crippen molar-refractivity contribution in [2.75, 3.05) is 60.5 Å². The zero-order valence-electron chi connectivity index (χ0n) is 40.2. The third-order valence-corrected chi connectivity index (χ3v) is 12.9.